The Morgan fingerprint density at radius 2 is 0.932 bits per heavy atom. The van der Waals surface area contributed by atoms with Gasteiger partial charge in [-0.25, -0.2) is 0 Å². The number of fused-ring (bicyclic) bond motifs is 6. The lowest BCUT2D eigenvalue weighted by molar-refractivity contribution is -0.111. The zero-order valence-electron chi connectivity index (χ0n) is 27.3. The Morgan fingerprint density at radius 3 is 1.30 bits per heavy atom. The van der Waals surface area contributed by atoms with Gasteiger partial charge in [-0.3, -0.25) is 0 Å². The van der Waals surface area contributed by atoms with Crippen molar-refractivity contribution in [2.45, 2.75) is 90.5 Å². The molecule has 1 fully saturated rings. The summed E-state index contributed by atoms with van der Waals surface area (Å²) in [5.74, 6) is -0.679. The van der Waals surface area contributed by atoms with Crippen LogP contribution in [0.1, 0.15) is 66.5 Å². The van der Waals surface area contributed by atoms with Crippen LogP contribution in [0.4, 0.5) is 11.4 Å². The molecule has 0 amide bonds. The van der Waals surface area contributed by atoms with Crippen molar-refractivity contribution in [2.24, 2.45) is 11.8 Å². The summed E-state index contributed by atoms with van der Waals surface area (Å²) in [7, 11) is 0. The molecule has 4 aromatic carbocycles. The van der Waals surface area contributed by atoms with Crippen LogP contribution < -0.4 is 9.80 Å². The van der Waals surface area contributed by atoms with E-state index in [-0.39, 0.29) is 34.7 Å². The SMILES string of the molecule is CC(C)N1C(=CC2C(O)C(C=C3N(C(C)C)c4ccc5ccccc5c4C3(C)C)C2O)C(C)(C)c2c1ccc1ccccc21. The van der Waals surface area contributed by atoms with E-state index in [1.54, 1.807) is 0 Å². The predicted octanol–water partition coefficient (Wildman–Crippen LogP) is 8.44. The number of anilines is 2. The van der Waals surface area contributed by atoms with Crippen LogP contribution in [0.3, 0.4) is 0 Å². The van der Waals surface area contributed by atoms with E-state index in [0.717, 1.165) is 11.4 Å². The minimum Gasteiger partial charge on any atom is -0.392 e. The van der Waals surface area contributed by atoms with Crippen LogP contribution in [0.15, 0.2) is 96.3 Å². The maximum atomic E-state index is 11.7. The molecule has 2 N–H and O–H groups in total. The Balaban J connectivity index is 1.27. The molecule has 3 aliphatic rings. The minimum atomic E-state index is -0.666. The molecule has 2 heterocycles. The third kappa shape index (κ3) is 3.96. The van der Waals surface area contributed by atoms with E-state index < -0.39 is 12.2 Å². The number of aliphatic hydroxyl groups excluding tert-OH is 2. The molecule has 0 aromatic heterocycles. The van der Waals surface area contributed by atoms with E-state index in [1.807, 2.05) is 0 Å². The Bertz CT molecular complexity index is 1700. The first-order chi connectivity index (χ1) is 20.9. The fourth-order valence-electron chi connectivity index (χ4n) is 8.57. The van der Waals surface area contributed by atoms with Gasteiger partial charge in [-0.2, -0.15) is 0 Å². The zero-order valence-corrected chi connectivity index (χ0v) is 27.3. The van der Waals surface area contributed by atoms with E-state index in [2.05, 4.69) is 150 Å². The smallest absolute Gasteiger partial charge is 0.0716 e. The summed E-state index contributed by atoms with van der Waals surface area (Å²) in [6, 6.07) is 26.6. The molecule has 7 rings (SSSR count). The van der Waals surface area contributed by atoms with Crippen LogP contribution in [-0.4, -0.2) is 34.5 Å². The summed E-state index contributed by atoms with van der Waals surface area (Å²) in [6.45, 7) is 18.0. The number of aliphatic hydroxyl groups is 2. The normalized spacial score (nSPS) is 27.2. The van der Waals surface area contributed by atoms with Crippen LogP contribution in [0.2, 0.25) is 0 Å². The lowest BCUT2D eigenvalue weighted by Gasteiger charge is -2.46. The van der Waals surface area contributed by atoms with E-state index in [4.69, 9.17) is 0 Å². The first kappa shape index (κ1) is 29.1. The molecule has 0 bridgehead atoms. The van der Waals surface area contributed by atoms with E-state index in [9.17, 15) is 10.2 Å². The van der Waals surface area contributed by atoms with Crippen molar-refractivity contribution in [1.29, 1.82) is 0 Å². The molecule has 4 nitrogen and oxygen atoms in total. The highest BCUT2D eigenvalue weighted by molar-refractivity contribution is 5.96. The minimum absolute atomic E-state index is 0.238. The molecule has 4 aromatic rings. The average molecular weight is 587 g/mol. The number of hydrogen-bond donors (Lipinski definition) is 2. The molecular formula is C40H46N2O2. The molecule has 4 heteroatoms. The number of hydrogen-bond acceptors (Lipinski definition) is 4. The summed E-state index contributed by atoms with van der Waals surface area (Å²) in [5, 5.41) is 28.5. The van der Waals surface area contributed by atoms with Crippen LogP contribution in [-0.2, 0) is 10.8 Å². The van der Waals surface area contributed by atoms with Crippen molar-refractivity contribution < 1.29 is 10.2 Å². The number of allylic oxidation sites excluding steroid dienone is 2. The second-order valence-corrected chi connectivity index (χ2v) is 14.8. The van der Waals surface area contributed by atoms with Crippen LogP contribution >= 0.6 is 0 Å². The summed E-state index contributed by atoms with van der Waals surface area (Å²) < 4.78 is 0. The zero-order chi connectivity index (χ0) is 31.3. The first-order valence-electron chi connectivity index (χ1n) is 16.3. The molecule has 0 radical (unpaired) electrons. The highest BCUT2D eigenvalue weighted by Gasteiger charge is 2.52. The van der Waals surface area contributed by atoms with Crippen LogP contribution in [0.25, 0.3) is 21.5 Å². The summed E-state index contributed by atoms with van der Waals surface area (Å²) in [5.41, 5.74) is 6.88. The lowest BCUT2D eigenvalue weighted by Crippen LogP contribution is -2.55. The Hall–Kier alpha value is -3.60. The van der Waals surface area contributed by atoms with Crippen molar-refractivity contribution in [3.05, 3.63) is 107 Å². The highest BCUT2D eigenvalue weighted by Crippen LogP contribution is 2.55. The maximum absolute atomic E-state index is 11.7. The topological polar surface area (TPSA) is 46.9 Å². The molecule has 0 unspecified atom stereocenters. The second kappa shape index (κ2) is 9.95. The largest absolute Gasteiger partial charge is 0.392 e. The van der Waals surface area contributed by atoms with Gasteiger partial charge < -0.3 is 20.0 Å². The predicted molar refractivity (Wildman–Crippen MR) is 184 cm³/mol. The molecule has 1 aliphatic carbocycles. The molecule has 0 saturated heterocycles. The molecule has 0 atom stereocenters. The van der Waals surface area contributed by atoms with Gasteiger partial charge in [-0.05, 0) is 72.5 Å². The first-order valence-corrected chi connectivity index (χ1v) is 16.3. The fraction of sp³-hybridized carbons (Fsp3) is 0.400. The van der Waals surface area contributed by atoms with Gasteiger partial charge in [0.25, 0.3) is 0 Å². The average Bonchev–Trinajstić information content (AvgIpc) is 3.37. The summed E-state index contributed by atoms with van der Waals surface area (Å²) in [6.07, 6.45) is 3.03. The third-order valence-corrected chi connectivity index (χ3v) is 10.7. The van der Waals surface area contributed by atoms with E-state index in [0.29, 0.717) is 0 Å². The van der Waals surface area contributed by atoms with Crippen molar-refractivity contribution in [1.82, 2.24) is 0 Å². The van der Waals surface area contributed by atoms with Gasteiger partial charge in [-0.1, -0.05) is 101 Å². The maximum Gasteiger partial charge on any atom is 0.0716 e. The van der Waals surface area contributed by atoms with Gasteiger partial charge in [-0.15, -0.1) is 0 Å². The molecule has 44 heavy (non-hydrogen) atoms. The number of nitrogens with zero attached hydrogens (tertiary/aromatic N) is 2. The lowest BCUT2D eigenvalue weighted by atomic mass is 9.66. The molecular weight excluding hydrogens is 540 g/mol. The quantitative estimate of drug-likeness (QED) is 0.252. The Kier molecular flexibility index (Phi) is 6.59. The van der Waals surface area contributed by atoms with Crippen molar-refractivity contribution in [3.8, 4) is 0 Å². The van der Waals surface area contributed by atoms with Gasteiger partial charge in [0.2, 0.25) is 0 Å². The standard InChI is InChI=1S/C40H46N2O2/c1-23(2)41-31-19-17-25-13-9-11-15-27(25)35(31)39(5,6)33(41)21-29-37(43)30(38(29)44)22-34-40(7,8)36-28-16-12-10-14-26(28)18-20-32(36)42(34)24(3)4/h9-24,29-30,37-38,43-44H,1-8H3. The number of rotatable bonds is 4. The fourth-order valence-corrected chi connectivity index (χ4v) is 8.57. The number of benzene rings is 4. The Labute approximate surface area is 262 Å². The summed E-state index contributed by atoms with van der Waals surface area (Å²) >= 11 is 0. The van der Waals surface area contributed by atoms with E-state index in [1.165, 1.54) is 44.0 Å². The van der Waals surface area contributed by atoms with Gasteiger partial charge in [0.05, 0.1) is 12.2 Å². The molecule has 0 spiro atoms. The van der Waals surface area contributed by atoms with Crippen molar-refractivity contribution in [3.63, 3.8) is 0 Å². The summed E-state index contributed by atoms with van der Waals surface area (Å²) in [4.78, 5) is 4.82. The van der Waals surface area contributed by atoms with E-state index >= 15 is 0 Å². The van der Waals surface area contributed by atoms with Crippen LogP contribution in [0.5, 0.6) is 0 Å². The van der Waals surface area contributed by atoms with Gasteiger partial charge >= 0.3 is 0 Å². The Morgan fingerprint density at radius 1 is 0.568 bits per heavy atom. The van der Waals surface area contributed by atoms with Gasteiger partial charge in [0.1, 0.15) is 0 Å². The molecule has 228 valence electrons. The monoisotopic (exact) mass is 586 g/mol. The van der Waals surface area contributed by atoms with Gasteiger partial charge in [0, 0.05) is 57.5 Å². The van der Waals surface area contributed by atoms with Crippen LogP contribution in [0, 0.1) is 11.8 Å². The van der Waals surface area contributed by atoms with Crippen molar-refractivity contribution in [2.75, 3.05) is 9.80 Å². The third-order valence-electron chi connectivity index (χ3n) is 10.7. The second-order valence-electron chi connectivity index (χ2n) is 14.8. The van der Waals surface area contributed by atoms with Gasteiger partial charge in [0.15, 0.2) is 0 Å². The highest BCUT2D eigenvalue weighted by atomic mass is 16.3. The molecule has 2 aliphatic heterocycles. The molecule has 1 saturated carbocycles. The van der Waals surface area contributed by atoms with Crippen molar-refractivity contribution >= 4 is 32.9 Å².